The summed E-state index contributed by atoms with van der Waals surface area (Å²) in [7, 11) is 0. The predicted molar refractivity (Wildman–Crippen MR) is 68.9 cm³/mol. The van der Waals surface area contributed by atoms with Crippen molar-refractivity contribution in [3.05, 3.63) is 23.8 Å². The highest BCUT2D eigenvalue weighted by Crippen LogP contribution is 2.27. The van der Waals surface area contributed by atoms with Crippen molar-refractivity contribution in [3.8, 4) is 11.4 Å². The molecule has 0 bridgehead atoms. The minimum Gasteiger partial charge on any atom is -0.477 e. The van der Waals surface area contributed by atoms with Gasteiger partial charge in [0.15, 0.2) is 5.76 Å². The molecule has 0 fully saturated rings. The molecule has 2 heterocycles. The number of carboxylic acids is 1. The molecule has 2 aromatic heterocycles. The van der Waals surface area contributed by atoms with Gasteiger partial charge >= 0.3 is 5.97 Å². The topological polar surface area (TPSA) is 81.2 Å². The van der Waals surface area contributed by atoms with E-state index in [1.165, 1.54) is 0 Å². The lowest BCUT2D eigenvalue weighted by molar-refractivity contribution is 0.0695. The highest BCUT2D eigenvalue weighted by Gasteiger charge is 2.25. The van der Waals surface area contributed by atoms with Crippen LogP contribution in [0.25, 0.3) is 11.4 Å². The molecule has 2 aromatic rings. The van der Waals surface area contributed by atoms with E-state index in [1.807, 2.05) is 25.3 Å². The number of rotatable bonds is 5. The SMILES string of the molecule is CCn1cncc1-c1noc(CC(C)C)c1C(=O)O. The maximum Gasteiger partial charge on any atom is 0.341 e. The minimum atomic E-state index is -1.02. The third kappa shape index (κ3) is 2.52. The summed E-state index contributed by atoms with van der Waals surface area (Å²) in [6.45, 7) is 6.66. The van der Waals surface area contributed by atoms with Gasteiger partial charge in [-0.15, -0.1) is 0 Å². The van der Waals surface area contributed by atoms with Gasteiger partial charge in [0, 0.05) is 13.0 Å². The molecule has 6 nitrogen and oxygen atoms in total. The summed E-state index contributed by atoms with van der Waals surface area (Å²) in [6, 6.07) is 0. The molecule has 0 saturated heterocycles. The molecule has 0 unspecified atom stereocenters. The molecule has 6 heteroatoms. The summed E-state index contributed by atoms with van der Waals surface area (Å²) in [5.74, 6) is -0.299. The number of nitrogens with zero attached hydrogens (tertiary/aromatic N) is 3. The van der Waals surface area contributed by atoms with Gasteiger partial charge in [-0.1, -0.05) is 19.0 Å². The van der Waals surface area contributed by atoms with E-state index in [-0.39, 0.29) is 5.56 Å². The Morgan fingerprint density at radius 2 is 2.26 bits per heavy atom. The van der Waals surface area contributed by atoms with E-state index >= 15 is 0 Å². The number of carbonyl (C=O) groups is 1. The van der Waals surface area contributed by atoms with Crippen LogP contribution in [-0.2, 0) is 13.0 Å². The molecule has 0 atom stereocenters. The first-order valence-corrected chi connectivity index (χ1v) is 6.26. The van der Waals surface area contributed by atoms with E-state index in [1.54, 1.807) is 12.5 Å². The highest BCUT2D eigenvalue weighted by molar-refractivity contribution is 5.95. The summed E-state index contributed by atoms with van der Waals surface area (Å²) in [4.78, 5) is 15.5. The van der Waals surface area contributed by atoms with E-state index in [4.69, 9.17) is 4.52 Å². The fourth-order valence-electron chi connectivity index (χ4n) is 2.00. The average molecular weight is 263 g/mol. The Balaban J connectivity index is 2.52. The zero-order valence-electron chi connectivity index (χ0n) is 11.3. The Morgan fingerprint density at radius 3 is 2.84 bits per heavy atom. The van der Waals surface area contributed by atoms with Crippen molar-refractivity contribution in [2.75, 3.05) is 0 Å². The van der Waals surface area contributed by atoms with Gasteiger partial charge in [-0.3, -0.25) is 0 Å². The molecule has 0 radical (unpaired) electrons. The fraction of sp³-hybridized carbons (Fsp3) is 0.462. The molecule has 1 N–H and O–H groups in total. The lowest BCUT2D eigenvalue weighted by Gasteiger charge is -2.03. The van der Waals surface area contributed by atoms with E-state index in [2.05, 4.69) is 10.1 Å². The third-order valence-corrected chi connectivity index (χ3v) is 2.87. The largest absolute Gasteiger partial charge is 0.477 e. The van der Waals surface area contributed by atoms with Crippen molar-refractivity contribution in [1.29, 1.82) is 0 Å². The van der Waals surface area contributed by atoms with Crippen molar-refractivity contribution in [3.63, 3.8) is 0 Å². The molecular formula is C13H17N3O3. The monoisotopic (exact) mass is 263 g/mol. The Labute approximate surface area is 111 Å². The van der Waals surface area contributed by atoms with Crippen LogP contribution < -0.4 is 0 Å². The summed E-state index contributed by atoms with van der Waals surface area (Å²) < 4.78 is 7.06. The second kappa shape index (κ2) is 5.26. The molecule has 19 heavy (non-hydrogen) atoms. The molecule has 0 amide bonds. The van der Waals surface area contributed by atoms with Crippen LogP contribution in [0, 0.1) is 5.92 Å². The number of carboxylic acid groups (broad SMARTS) is 1. The molecule has 0 aliphatic rings. The first kappa shape index (κ1) is 13.3. The maximum atomic E-state index is 11.5. The Kier molecular flexibility index (Phi) is 3.69. The van der Waals surface area contributed by atoms with Gasteiger partial charge < -0.3 is 14.2 Å². The standard InChI is InChI=1S/C13H17N3O3/c1-4-16-7-14-6-9(16)12-11(13(17)18)10(19-15-12)5-8(2)3/h6-8H,4-5H2,1-3H3,(H,17,18). The normalized spacial score (nSPS) is 11.2. The van der Waals surface area contributed by atoms with Crippen molar-refractivity contribution in [2.45, 2.75) is 33.7 Å². The summed E-state index contributed by atoms with van der Waals surface area (Å²) in [5.41, 5.74) is 1.16. The molecule has 2 rings (SSSR count). The number of hydrogen-bond acceptors (Lipinski definition) is 4. The van der Waals surface area contributed by atoms with Crippen LogP contribution in [0.2, 0.25) is 0 Å². The fourth-order valence-corrected chi connectivity index (χ4v) is 2.00. The van der Waals surface area contributed by atoms with E-state index in [0.717, 1.165) is 0 Å². The van der Waals surface area contributed by atoms with Gasteiger partial charge in [-0.05, 0) is 12.8 Å². The van der Waals surface area contributed by atoms with Crippen molar-refractivity contribution < 1.29 is 14.4 Å². The van der Waals surface area contributed by atoms with E-state index in [0.29, 0.717) is 36.0 Å². The van der Waals surface area contributed by atoms with Crippen LogP contribution in [0.4, 0.5) is 0 Å². The van der Waals surface area contributed by atoms with Crippen LogP contribution in [0.3, 0.4) is 0 Å². The smallest absolute Gasteiger partial charge is 0.341 e. The number of aryl methyl sites for hydroxylation is 1. The molecule has 0 aliphatic carbocycles. The molecule has 0 spiro atoms. The molecule has 102 valence electrons. The Morgan fingerprint density at radius 1 is 1.53 bits per heavy atom. The first-order valence-electron chi connectivity index (χ1n) is 6.26. The van der Waals surface area contributed by atoms with Gasteiger partial charge in [0.1, 0.15) is 11.3 Å². The number of imidazole rings is 1. The molecular weight excluding hydrogens is 246 g/mol. The van der Waals surface area contributed by atoms with Gasteiger partial charge in [0.05, 0.1) is 18.2 Å². The van der Waals surface area contributed by atoms with Gasteiger partial charge in [-0.25, -0.2) is 9.78 Å². The van der Waals surface area contributed by atoms with Crippen LogP contribution in [-0.4, -0.2) is 25.8 Å². The Bertz CT molecular complexity index is 584. The van der Waals surface area contributed by atoms with Crippen molar-refractivity contribution in [2.24, 2.45) is 5.92 Å². The molecule has 0 aliphatic heterocycles. The first-order chi connectivity index (χ1) is 9.04. The lowest BCUT2D eigenvalue weighted by Crippen LogP contribution is -2.05. The zero-order chi connectivity index (χ0) is 14.0. The quantitative estimate of drug-likeness (QED) is 0.896. The zero-order valence-corrected chi connectivity index (χ0v) is 11.3. The van der Waals surface area contributed by atoms with Crippen LogP contribution in [0.5, 0.6) is 0 Å². The van der Waals surface area contributed by atoms with E-state index < -0.39 is 5.97 Å². The van der Waals surface area contributed by atoms with Crippen LogP contribution >= 0.6 is 0 Å². The summed E-state index contributed by atoms with van der Waals surface area (Å²) in [5, 5.41) is 13.3. The lowest BCUT2D eigenvalue weighted by atomic mass is 10.0. The van der Waals surface area contributed by atoms with Crippen molar-refractivity contribution >= 4 is 5.97 Å². The van der Waals surface area contributed by atoms with Gasteiger partial charge in [0.25, 0.3) is 0 Å². The Hall–Kier alpha value is -2.11. The average Bonchev–Trinajstić information content (AvgIpc) is 2.92. The summed E-state index contributed by atoms with van der Waals surface area (Å²) >= 11 is 0. The van der Waals surface area contributed by atoms with Crippen LogP contribution in [0.1, 0.15) is 36.9 Å². The minimum absolute atomic E-state index is 0.143. The second-order valence-corrected chi connectivity index (χ2v) is 4.80. The van der Waals surface area contributed by atoms with Gasteiger partial charge in [-0.2, -0.15) is 0 Å². The number of hydrogen-bond donors (Lipinski definition) is 1. The number of aromatic nitrogens is 3. The predicted octanol–water partition coefficient (Wildman–Crippen LogP) is 2.45. The van der Waals surface area contributed by atoms with Crippen LogP contribution in [0.15, 0.2) is 17.0 Å². The van der Waals surface area contributed by atoms with E-state index in [9.17, 15) is 9.90 Å². The third-order valence-electron chi connectivity index (χ3n) is 2.87. The number of aromatic carboxylic acids is 1. The molecule has 0 saturated carbocycles. The van der Waals surface area contributed by atoms with Gasteiger partial charge in [0.2, 0.25) is 0 Å². The maximum absolute atomic E-state index is 11.5. The summed E-state index contributed by atoms with van der Waals surface area (Å²) in [6.07, 6.45) is 3.81. The second-order valence-electron chi connectivity index (χ2n) is 4.80. The molecule has 0 aromatic carbocycles. The highest BCUT2D eigenvalue weighted by atomic mass is 16.5. The van der Waals surface area contributed by atoms with Crippen molar-refractivity contribution in [1.82, 2.24) is 14.7 Å².